The van der Waals surface area contributed by atoms with Crippen LogP contribution < -0.4 is 21.3 Å². The molecule has 1 aromatic heterocycles. The summed E-state index contributed by atoms with van der Waals surface area (Å²) in [6.45, 7) is 1.81. The number of carbonyl (C=O) groups excluding carboxylic acids is 1. The fraction of sp³-hybridized carbons (Fsp3) is 0.0588. The van der Waals surface area contributed by atoms with E-state index < -0.39 is 27.6 Å². The summed E-state index contributed by atoms with van der Waals surface area (Å²) in [5.74, 6) is -0.407. The number of fused-ring (bicyclic) bond motifs is 1. The van der Waals surface area contributed by atoms with Gasteiger partial charge in [0.15, 0.2) is 0 Å². The number of hydrogen-bond donors (Lipinski definition) is 3. The van der Waals surface area contributed by atoms with Crippen molar-refractivity contribution in [1.29, 1.82) is 0 Å². The molecule has 0 saturated heterocycles. The third kappa shape index (κ3) is 4.50. The van der Waals surface area contributed by atoms with Crippen molar-refractivity contribution in [2.75, 3.05) is 0 Å². The van der Waals surface area contributed by atoms with Gasteiger partial charge in [-0.05, 0) is 31.2 Å². The molecule has 0 aliphatic rings. The van der Waals surface area contributed by atoms with Crippen molar-refractivity contribution in [3.8, 4) is 0 Å². The van der Waals surface area contributed by atoms with E-state index in [1.807, 2.05) is 11.6 Å². The molecule has 0 aliphatic heterocycles. The van der Waals surface area contributed by atoms with Gasteiger partial charge in [0.05, 0.1) is 10.3 Å². The Hall–Kier alpha value is -3.31. The fourth-order valence-electron chi connectivity index (χ4n) is 2.22. The molecule has 11 heteroatoms. The Bertz CT molecular complexity index is 1230. The van der Waals surface area contributed by atoms with Crippen molar-refractivity contribution in [3.63, 3.8) is 0 Å². The van der Waals surface area contributed by atoms with E-state index in [0.29, 0.717) is 10.1 Å². The third-order valence-corrected chi connectivity index (χ3v) is 5.82. The zero-order chi connectivity index (χ0) is 20.3. The number of aliphatic imine (C=N–C) groups is 1. The summed E-state index contributed by atoms with van der Waals surface area (Å²) in [4.78, 5) is 31.5. The molecule has 9 nitrogen and oxygen atoms in total. The van der Waals surface area contributed by atoms with Gasteiger partial charge in [0.2, 0.25) is 11.1 Å². The van der Waals surface area contributed by atoms with E-state index in [2.05, 4.69) is 15.3 Å². The van der Waals surface area contributed by atoms with E-state index in [-0.39, 0.29) is 10.0 Å². The number of nitrogens with zero attached hydrogens (tertiary/aromatic N) is 2. The fourth-order valence-corrected chi connectivity index (χ4v) is 4.01. The summed E-state index contributed by atoms with van der Waals surface area (Å²) in [6, 6.07) is 11.7. The lowest BCUT2D eigenvalue weighted by Crippen LogP contribution is -2.45. The van der Waals surface area contributed by atoms with E-state index in [0.717, 1.165) is 16.9 Å². The standard InChI is InChI=1S/C17H15N5O4S2/c1-10-6-8-11(9-7-10)28(25,26)22-16(24)20-15(18)21-17-19-14(23)12-4-2-3-5-13(12)27-17/h2-9H,1H3,(H4,18,19,20,21,22,23,24). The minimum Gasteiger partial charge on any atom is -0.369 e. The first-order valence-corrected chi connectivity index (χ1v) is 10.2. The van der Waals surface area contributed by atoms with Gasteiger partial charge in [0.1, 0.15) is 0 Å². The maximum absolute atomic E-state index is 12.2. The Morgan fingerprint density at radius 1 is 1.14 bits per heavy atom. The Kier molecular flexibility index (Phi) is 5.38. The predicted molar refractivity (Wildman–Crippen MR) is 107 cm³/mol. The molecule has 3 aromatic rings. The average molecular weight is 417 g/mol. The topological polar surface area (TPSA) is 144 Å². The van der Waals surface area contributed by atoms with Crippen LogP contribution in [0.3, 0.4) is 0 Å². The van der Waals surface area contributed by atoms with E-state index >= 15 is 0 Å². The molecule has 0 bridgehead atoms. The van der Waals surface area contributed by atoms with Gasteiger partial charge in [-0.2, -0.15) is 9.98 Å². The SMILES string of the molecule is Cc1ccc(S(=O)(=O)NC(=O)N/C(N)=N/c2nc(=O)c3ccccc3s2)cc1. The first-order valence-electron chi connectivity index (χ1n) is 7.89. The van der Waals surface area contributed by atoms with Crippen molar-refractivity contribution in [2.24, 2.45) is 10.7 Å². The molecule has 0 spiro atoms. The number of rotatable bonds is 3. The summed E-state index contributed by atoms with van der Waals surface area (Å²) in [5.41, 5.74) is 6.02. The molecule has 0 saturated carbocycles. The highest BCUT2D eigenvalue weighted by Gasteiger charge is 2.18. The molecule has 1 heterocycles. The average Bonchev–Trinajstić information content (AvgIpc) is 2.61. The molecule has 0 aliphatic carbocycles. The van der Waals surface area contributed by atoms with Gasteiger partial charge in [-0.3, -0.25) is 10.1 Å². The summed E-state index contributed by atoms with van der Waals surface area (Å²) in [6.07, 6.45) is 0. The molecule has 0 atom stereocenters. The van der Waals surface area contributed by atoms with Crippen LogP contribution in [0.25, 0.3) is 10.1 Å². The minimum absolute atomic E-state index is 0.0305. The quantitative estimate of drug-likeness (QED) is 0.436. The molecule has 4 N–H and O–H groups in total. The lowest BCUT2D eigenvalue weighted by Gasteiger charge is -2.08. The van der Waals surface area contributed by atoms with Gasteiger partial charge in [-0.25, -0.2) is 17.9 Å². The number of aromatic nitrogens is 1. The van der Waals surface area contributed by atoms with Gasteiger partial charge < -0.3 is 5.73 Å². The second-order valence-corrected chi connectivity index (χ2v) is 8.36. The van der Waals surface area contributed by atoms with Crippen LogP contribution >= 0.6 is 11.3 Å². The van der Waals surface area contributed by atoms with Crippen LogP contribution in [0.2, 0.25) is 0 Å². The minimum atomic E-state index is -4.07. The number of guanidine groups is 1. The predicted octanol–water partition coefficient (Wildman–Crippen LogP) is 1.60. The van der Waals surface area contributed by atoms with Gasteiger partial charge in [0, 0.05) is 4.70 Å². The van der Waals surface area contributed by atoms with Crippen molar-refractivity contribution < 1.29 is 13.2 Å². The lowest BCUT2D eigenvalue weighted by molar-refractivity contribution is 0.250. The van der Waals surface area contributed by atoms with Crippen LogP contribution in [0.15, 0.2) is 63.2 Å². The molecule has 2 aromatic carbocycles. The molecule has 0 radical (unpaired) electrons. The summed E-state index contributed by atoms with van der Waals surface area (Å²) >= 11 is 1.10. The molecule has 0 unspecified atom stereocenters. The number of carbonyl (C=O) groups is 1. The molecule has 3 rings (SSSR count). The lowest BCUT2D eigenvalue weighted by atomic mass is 10.2. The zero-order valence-electron chi connectivity index (χ0n) is 14.5. The summed E-state index contributed by atoms with van der Waals surface area (Å²) < 4.78 is 26.8. The highest BCUT2D eigenvalue weighted by Crippen LogP contribution is 2.22. The second-order valence-electron chi connectivity index (χ2n) is 5.67. The van der Waals surface area contributed by atoms with Crippen LogP contribution in [-0.2, 0) is 10.0 Å². The van der Waals surface area contributed by atoms with Gasteiger partial charge in [-0.15, -0.1) is 0 Å². The van der Waals surface area contributed by atoms with Gasteiger partial charge in [-0.1, -0.05) is 41.2 Å². The monoisotopic (exact) mass is 417 g/mol. The van der Waals surface area contributed by atoms with Crippen LogP contribution in [0.5, 0.6) is 0 Å². The Labute approximate surface area is 164 Å². The second kappa shape index (κ2) is 7.74. The van der Waals surface area contributed by atoms with Crippen molar-refractivity contribution >= 4 is 48.6 Å². The first-order chi connectivity index (χ1) is 13.2. The van der Waals surface area contributed by atoms with Crippen molar-refractivity contribution in [1.82, 2.24) is 15.0 Å². The zero-order valence-corrected chi connectivity index (χ0v) is 16.2. The van der Waals surface area contributed by atoms with E-state index in [9.17, 15) is 18.0 Å². The third-order valence-electron chi connectivity index (χ3n) is 3.53. The smallest absolute Gasteiger partial charge is 0.335 e. The first kappa shape index (κ1) is 19.5. The largest absolute Gasteiger partial charge is 0.369 e. The normalized spacial score (nSPS) is 12.0. The molecular formula is C17H15N5O4S2. The van der Waals surface area contributed by atoms with E-state index in [1.54, 1.807) is 36.4 Å². The molecule has 2 amide bonds. The number of urea groups is 1. The Morgan fingerprint density at radius 2 is 1.82 bits per heavy atom. The number of benzene rings is 2. The highest BCUT2D eigenvalue weighted by molar-refractivity contribution is 7.90. The highest BCUT2D eigenvalue weighted by atomic mass is 32.2. The number of sulfonamides is 1. The number of nitrogens with one attached hydrogen (secondary N) is 2. The number of nitrogens with two attached hydrogens (primary N) is 1. The molecule has 0 fully saturated rings. The summed E-state index contributed by atoms with van der Waals surface area (Å²) in [7, 11) is -4.07. The van der Waals surface area contributed by atoms with Crippen LogP contribution in [0.1, 0.15) is 5.56 Å². The number of aryl methyl sites for hydroxylation is 1. The van der Waals surface area contributed by atoms with Gasteiger partial charge in [0.25, 0.3) is 15.6 Å². The number of amides is 2. The maximum atomic E-state index is 12.2. The van der Waals surface area contributed by atoms with Gasteiger partial charge >= 0.3 is 6.03 Å². The summed E-state index contributed by atoms with van der Waals surface area (Å²) in [5, 5.41) is 2.57. The van der Waals surface area contributed by atoms with Crippen LogP contribution in [0.4, 0.5) is 9.93 Å². The molecule has 28 heavy (non-hydrogen) atoms. The Balaban J connectivity index is 1.75. The molecular weight excluding hydrogens is 402 g/mol. The van der Waals surface area contributed by atoms with Crippen LogP contribution in [-0.4, -0.2) is 25.4 Å². The number of hydrogen-bond acceptors (Lipinski definition) is 7. The van der Waals surface area contributed by atoms with E-state index in [4.69, 9.17) is 5.73 Å². The molecule has 144 valence electrons. The van der Waals surface area contributed by atoms with Crippen LogP contribution in [0, 0.1) is 6.92 Å². The maximum Gasteiger partial charge on any atom is 0.335 e. The Morgan fingerprint density at radius 3 is 2.54 bits per heavy atom. The van der Waals surface area contributed by atoms with Crippen molar-refractivity contribution in [2.45, 2.75) is 11.8 Å². The van der Waals surface area contributed by atoms with E-state index in [1.165, 1.54) is 12.1 Å². The van der Waals surface area contributed by atoms with Crippen molar-refractivity contribution in [3.05, 3.63) is 64.4 Å².